The number of hydrogen-bond acceptors (Lipinski definition) is 2. The Kier molecular flexibility index (Phi) is 4.48. The van der Waals surface area contributed by atoms with Gasteiger partial charge in [-0.2, -0.15) is 0 Å². The predicted molar refractivity (Wildman–Crippen MR) is 73.9 cm³/mol. The van der Waals surface area contributed by atoms with Crippen LogP contribution in [0.25, 0.3) is 0 Å². The van der Waals surface area contributed by atoms with Gasteiger partial charge >= 0.3 is 0 Å². The first-order valence-corrected chi connectivity index (χ1v) is 7.61. The molecule has 2 nitrogen and oxygen atoms in total. The Bertz CT molecular complexity index is 225. The molecule has 0 heterocycles. The summed E-state index contributed by atoms with van der Waals surface area (Å²) in [7, 11) is 0. The van der Waals surface area contributed by atoms with Crippen LogP contribution in [0.5, 0.6) is 0 Å². The third-order valence-electron chi connectivity index (χ3n) is 4.59. The van der Waals surface area contributed by atoms with Crippen LogP contribution in [0.1, 0.15) is 52.9 Å². The van der Waals surface area contributed by atoms with Crippen molar-refractivity contribution in [3.8, 4) is 0 Å². The van der Waals surface area contributed by atoms with E-state index in [9.17, 15) is 0 Å². The van der Waals surface area contributed by atoms with Gasteiger partial charge in [0.2, 0.25) is 0 Å². The van der Waals surface area contributed by atoms with Gasteiger partial charge in [-0.3, -0.25) is 4.90 Å². The zero-order valence-electron chi connectivity index (χ0n) is 11.9. The van der Waals surface area contributed by atoms with Crippen LogP contribution in [0.15, 0.2) is 0 Å². The fourth-order valence-electron chi connectivity index (χ4n) is 3.81. The highest BCUT2D eigenvalue weighted by Crippen LogP contribution is 2.35. The predicted octanol–water partition coefficient (Wildman–Crippen LogP) is 2.87. The second-order valence-electron chi connectivity index (χ2n) is 6.65. The molecular weight excluding hydrogens is 208 g/mol. The summed E-state index contributed by atoms with van der Waals surface area (Å²) in [5, 5.41) is 0. The van der Waals surface area contributed by atoms with Gasteiger partial charge in [0.25, 0.3) is 0 Å². The molecule has 0 aliphatic heterocycles. The molecule has 0 radical (unpaired) electrons. The van der Waals surface area contributed by atoms with E-state index in [0.717, 1.165) is 17.8 Å². The van der Waals surface area contributed by atoms with E-state index in [1.807, 2.05) is 0 Å². The highest BCUT2D eigenvalue weighted by atomic mass is 15.2. The third kappa shape index (κ3) is 3.45. The van der Waals surface area contributed by atoms with Gasteiger partial charge in [-0.15, -0.1) is 0 Å². The Morgan fingerprint density at radius 2 is 1.88 bits per heavy atom. The molecule has 0 bridgehead atoms. The van der Waals surface area contributed by atoms with Gasteiger partial charge in [-0.05, 0) is 56.4 Å². The van der Waals surface area contributed by atoms with Crippen molar-refractivity contribution >= 4 is 0 Å². The van der Waals surface area contributed by atoms with Gasteiger partial charge in [0.05, 0.1) is 0 Å². The molecule has 4 unspecified atom stereocenters. The van der Waals surface area contributed by atoms with Crippen molar-refractivity contribution in [3.05, 3.63) is 0 Å². The maximum absolute atomic E-state index is 6.45. The molecule has 2 rings (SSSR count). The molecule has 0 spiro atoms. The van der Waals surface area contributed by atoms with Gasteiger partial charge in [0, 0.05) is 18.6 Å². The van der Waals surface area contributed by atoms with Crippen molar-refractivity contribution in [2.24, 2.45) is 23.5 Å². The van der Waals surface area contributed by atoms with Crippen molar-refractivity contribution in [2.45, 2.75) is 65.0 Å². The van der Waals surface area contributed by atoms with Crippen LogP contribution in [0, 0.1) is 17.8 Å². The summed E-state index contributed by atoms with van der Waals surface area (Å²) in [5.74, 6) is 2.58. The molecule has 17 heavy (non-hydrogen) atoms. The third-order valence-corrected chi connectivity index (χ3v) is 4.59. The molecule has 0 amide bonds. The lowest BCUT2D eigenvalue weighted by Gasteiger charge is -2.44. The van der Waals surface area contributed by atoms with E-state index in [-0.39, 0.29) is 0 Å². The van der Waals surface area contributed by atoms with Crippen LogP contribution < -0.4 is 5.73 Å². The van der Waals surface area contributed by atoms with E-state index >= 15 is 0 Å². The monoisotopic (exact) mass is 238 g/mol. The molecule has 0 aromatic rings. The lowest BCUT2D eigenvalue weighted by molar-refractivity contribution is 0.0713. The fourth-order valence-corrected chi connectivity index (χ4v) is 3.81. The normalized spacial score (nSPS) is 38.6. The Morgan fingerprint density at radius 1 is 1.18 bits per heavy atom. The van der Waals surface area contributed by atoms with Gasteiger partial charge in [-0.25, -0.2) is 0 Å². The van der Waals surface area contributed by atoms with Gasteiger partial charge in [0.1, 0.15) is 0 Å². The summed E-state index contributed by atoms with van der Waals surface area (Å²) in [6, 6.07) is 1.05. The van der Waals surface area contributed by atoms with E-state index in [1.54, 1.807) is 0 Å². The highest BCUT2D eigenvalue weighted by Gasteiger charge is 2.37. The van der Waals surface area contributed by atoms with Crippen LogP contribution in [0.2, 0.25) is 0 Å². The molecule has 2 saturated carbocycles. The van der Waals surface area contributed by atoms with Gasteiger partial charge in [0.15, 0.2) is 0 Å². The van der Waals surface area contributed by atoms with E-state index in [4.69, 9.17) is 5.73 Å². The van der Waals surface area contributed by atoms with E-state index < -0.39 is 0 Å². The van der Waals surface area contributed by atoms with Crippen LogP contribution >= 0.6 is 0 Å². The van der Waals surface area contributed by atoms with E-state index in [1.165, 1.54) is 45.2 Å². The quantitative estimate of drug-likeness (QED) is 0.798. The molecule has 2 heteroatoms. The van der Waals surface area contributed by atoms with Crippen LogP contribution in [0.4, 0.5) is 0 Å². The standard InChI is InChI=1S/C15H30N2/c1-4-7-17(10-13-5-6-13)15-12(3)8-11(2)9-14(15)16/h11-15H,4-10,16H2,1-3H3. The summed E-state index contributed by atoms with van der Waals surface area (Å²) in [4.78, 5) is 2.72. The summed E-state index contributed by atoms with van der Waals surface area (Å²) in [5.41, 5.74) is 6.45. The summed E-state index contributed by atoms with van der Waals surface area (Å²) >= 11 is 0. The first kappa shape index (κ1) is 13.4. The van der Waals surface area contributed by atoms with Crippen molar-refractivity contribution in [2.75, 3.05) is 13.1 Å². The summed E-state index contributed by atoms with van der Waals surface area (Å²) in [6.45, 7) is 9.62. The SMILES string of the molecule is CCCN(CC1CC1)C1C(C)CC(C)CC1N. The number of nitrogens with zero attached hydrogens (tertiary/aromatic N) is 1. The van der Waals surface area contributed by atoms with E-state index in [2.05, 4.69) is 25.7 Å². The lowest BCUT2D eigenvalue weighted by Crippen LogP contribution is -2.55. The zero-order valence-corrected chi connectivity index (χ0v) is 11.9. The average Bonchev–Trinajstić information content (AvgIpc) is 3.00. The average molecular weight is 238 g/mol. The second-order valence-corrected chi connectivity index (χ2v) is 6.65. The molecule has 4 atom stereocenters. The molecule has 2 aliphatic carbocycles. The second kappa shape index (κ2) is 5.71. The maximum Gasteiger partial charge on any atom is 0.0273 e. The molecule has 2 fully saturated rings. The zero-order chi connectivity index (χ0) is 12.4. The van der Waals surface area contributed by atoms with Gasteiger partial charge < -0.3 is 5.73 Å². The Morgan fingerprint density at radius 3 is 2.41 bits per heavy atom. The minimum atomic E-state index is 0.402. The maximum atomic E-state index is 6.45. The van der Waals surface area contributed by atoms with Crippen molar-refractivity contribution in [3.63, 3.8) is 0 Å². The molecule has 2 N–H and O–H groups in total. The summed E-state index contributed by atoms with van der Waals surface area (Å²) in [6.07, 6.45) is 6.75. The Balaban J connectivity index is 1.98. The topological polar surface area (TPSA) is 29.3 Å². The Labute approximate surface area is 107 Å². The number of hydrogen-bond donors (Lipinski definition) is 1. The Hall–Kier alpha value is -0.0800. The summed E-state index contributed by atoms with van der Waals surface area (Å²) < 4.78 is 0. The van der Waals surface area contributed by atoms with E-state index in [0.29, 0.717) is 12.1 Å². The molecule has 0 aromatic heterocycles. The van der Waals surface area contributed by atoms with Crippen LogP contribution in [-0.4, -0.2) is 30.1 Å². The minimum Gasteiger partial charge on any atom is -0.326 e. The smallest absolute Gasteiger partial charge is 0.0273 e. The first-order valence-electron chi connectivity index (χ1n) is 7.61. The number of nitrogens with two attached hydrogens (primary N) is 1. The molecule has 0 saturated heterocycles. The molecule has 2 aliphatic rings. The number of rotatable bonds is 5. The lowest BCUT2D eigenvalue weighted by atomic mass is 9.76. The van der Waals surface area contributed by atoms with Crippen molar-refractivity contribution in [1.82, 2.24) is 4.90 Å². The molecule has 100 valence electrons. The van der Waals surface area contributed by atoms with Crippen molar-refractivity contribution in [1.29, 1.82) is 0 Å². The molecular formula is C15H30N2. The van der Waals surface area contributed by atoms with Crippen LogP contribution in [-0.2, 0) is 0 Å². The first-order chi connectivity index (χ1) is 8.11. The van der Waals surface area contributed by atoms with Gasteiger partial charge in [-0.1, -0.05) is 20.8 Å². The van der Waals surface area contributed by atoms with Crippen LogP contribution in [0.3, 0.4) is 0 Å². The van der Waals surface area contributed by atoms with Crippen molar-refractivity contribution < 1.29 is 0 Å². The molecule has 0 aromatic carbocycles. The largest absolute Gasteiger partial charge is 0.326 e. The fraction of sp³-hybridized carbons (Fsp3) is 1.00. The highest BCUT2D eigenvalue weighted by molar-refractivity contribution is 4.93. The minimum absolute atomic E-state index is 0.402.